The van der Waals surface area contributed by atoms with Crippen LogP contribution in [-0.2, 0) is 17.5 Å². The minimum Gasteiger partial charge on any atom is -0.481 e. The number of alkyl halides is 3. The second kappa shape index (κ2) is 4.60. The highest BCUT2D eigenvalue weighted by atomic mass is 19.4. The number of aromatic nitrogens is 1. The van der Waals surface area contributed by atoms with Crippen molar-refractivity contribution in [3.8, 4) is 0 Å². The van der Waals surface area contributed by atoms with Gasteiger partial charge in [-0.25, -0.2) is 0 Å². The zero-order chi connectivity index (χ0) is 13.2. The maximum atomic E-state index is 12.6. The van der Waals surface area contributed by atoms with Crippen LogP contribution in [0.2, 0.25) is 0 Å². The van der Waals surface area contributed by atoms with Crippen LogP contribution in [0.5, 0.6) is 0 Å². The Bertz CT molecular complexity index is 478. The van der Waals surface area contributed by atoms with Gasteiger partial charge in [0.1, 0.15) is 5.69 Å². The third-order valence-corrected chi connectivity index (χ3v) is 2.22. The number of rotatable bonds is 3. The van der Waals surface area contributed by atoms with Crippen LogP contribution in [0.15, 0.2) is 23.0 Å². The summed E-state index contributed by atoms with van der Waals surface area (Å²) in [6, 6.07) is 2.70. The maximum absolute atomic E-state index is 12.6. The van der Waals surface area contributed by atoms with E-state index in [0.717, 1.165) is 18.2 Å². The van der Waals surface area contributed by atoms with E-state index in [2.05, 4.69) is 0 Å². The molecule has 17 heavy (non-hydrogen) atoms. The van der Waals surface area contributed by atoms with Gasteiger partial charge in [0.25, 0.3) is 5.56 Å². The molecule has 0 aliphatic heterocycles. The molecule has 0 aliphatic carbocycles. The first kappa shape index (κ1) is 13.3. The highest BCUT2D eigenvalue weighted by Gasteiger charge is 2.34. The fourth-order valence-corrected chi connectivity index (χ4v) is 1.31. The number of carboxylic acid groups (broad SMARTS) is 1. The molecule has 0 spiro atoms. The van der Waals surface area contributed by atoms with Gasteiger partial charge in [0.05, 0.1) is 5.92 Å². The molecule has 1 rings (SSSR count). The summed E-state index contributed by atoms with van der Waals surface area (Å²) in [6.45, 7) is 0.728. The van der Waals surface area contributed by atoms with Gasteiger partial charge in [-0.15, -0.1) is 0 Å². The summed E-state index contributed by atoms with van der Waals surface area (Å²) in [6.07, 6.45) is -4.68. The number of halogens is 3. The molecule has 1 atom stereocenters. The van der Waals surface area contributed by atoms with Crippen LogP contribution in [0, 0.1) is 5.92 Å². The molecular formula is C10H10F3NO3. The Morgan fingerprint density at radius 3 is 2.53 bits per heavy atom. The predicted molar refractivity (Wildman–Crippen MR) is 52.5 cm³/mol. The fourth-order valence-electron chi connectivity index (χ4n) is 1.31. The van der Waals surface area contributed by atoms with Gasteiger partial charge in [0.15, 0.2) is 0 Å². The van der Waals surface area contributed by atoms with E-state index in [-0.39, 0.29) is 0 Å². The summed E-state index contributed by atoms with van der Waals surface area (Å²) in [4.78, 5) is 21.9. The van der Waals surface area contributed by atoms with Crippen LogP contribution in [-0.4, -0.2) is 15.6 Å². The summed E-state index contributed by atoms with van der Waals surface area (Å²) in [5.74, 6) is -2.33. The summed E-state index contributed by atoms with van der Waals surface area (Å²) in [5.41, 5.74) is -2.01. The van der Waals surface area contributed by atoms with Crippen molar-refractivity contribution in [3.05, 3.63) is 34.2 Å². The normalized spacial score (nSPS) is 13.4. The van der Waals surface area contributed by atoms with Gasteiger partial charge in [0.2, 0.25) is 0 Å². The molecular weight excluding hydrogens is 239 g/mol. The van der Waals surface area contributed by atoms with Gasteiger partial charge in [-0.05, 0) is 6.07 Å². The van der Waals surface area contributed by atoms with E-state index < -0.39 is 35.9 Å². The molecule has 0 amide bonds. The van der Waals surface area contributed by atoms with Crippen LogP contribution in [0.3, 0.4) is 0 Å². The van der Waals surface area contributed by atoms with Gasteiger partial charge in [0, 0.05) is 12.6 Å². The lowest BCUT2D eigenvalue weighted by Crippen LogP contribution is -2.31. The van der Waals surface area contributed by atoms with Gasteiger partial charge in [-0.3, -0.25) is 9.59 Å². The smallest absolute Gasteiger partial charge is 0.431 e. The summed E-state index contributed by atoms with van der Waals surface area (Å²) in [7, 11) is 0. The minimum absolute atomic E-state index is 0.429. The molecule has 0 radical (unpaired) electrons. The molecule has 7 heteroatoms. The molecule has 0 aromatic carbocycles. The van der Waals surface area contributed by atoms with Gasteiger partial charge in [-0.2, -0.15) is 13.2 Å². The largest absolute Gasteiger partial charge is 0.481 e. The van der Waals surface area contributed by atoms with Gasteiger partial charge >= 0.3 is 12.1 Å². The van der Waals surface area contributed by atoms with Crippen LogP contribution < -0.4 is 5.56 Å². The Morgan fingerprint density at radius 1 is 1.47 bits per heavy atom. The third-order valence-electron chi connectivity index (χ3n) is 2.22. The van der Waals surface area contributed by atoms with Crippen molar-refractivity contribution < 1.29 is 23.1 Å². The average Bonchev–Trinajstić information content (AvgIpc) is 2.18. The van der Waals surface area contributed by atoms with E-state index >= 15 is 0 Å². The zero-order valence-corrected chi connectivity index (χ0v) is 8.86. The Kier molecular flexibility index (Phi) is 3.59. The summed E-state index contributed by atoms with van der Waals surface area (Å²) >= 11 is 0. The highest BCUT2D eigenvalue weighted by molar-refractivity contribution is 5.69. The zero-order valence-electron chi connectivity index (χ0n) is 8.86. The monoisotopic (exact) mass is 249 g/mol. The van der Waals surface area contributed by atoms with Crippen molar-refractivity contribution in [1.29, 1.82) is 0 Å². The first-order valence-corrected chi connectivity index (χ1v) is 4.73. The SMILES string of the molecule is CC(Cn1c(C(F)(F)F)cccc1=O)C(=O)O. The Balaban J connectivity index is 3.22. The fraction of sp³-hybridized carbons (Fsp3) is 0.400. The van der Waals surface area contributed by atoms with Crippen molar-refractivity contribution in [1.82, 2.24) is 4.57 Å². The van der Waals surface area contributed by atoms with Crippen molar-refractivity contribution in [2.45, 2.75) is 19.6 Å². The second-order valence-electron chi connectivity index (χ2n) is 3.60. The van der Waals surface area contributed by atoms with Crippen molar-refractivity contribution in [2.75, 3.05) is 0 Å². The van der Waals surface area contributed by atoms with E-state index in [0.29, 0.717) is 4.57 Å². The summed E-state index contributed by atoms with van der Waals surface area (Å²) < 4.78 is 38.1. The average molecular weight is 249 g/mol. The number of pyridine rings is 1. The lowest BCUT2D eigenvalue weighted by atomic mass is 10.1. The molecule has 1 unspecified atom stereocenters. The van der Waals surface area contributed by atoms with E-state index in [9.17, 15) is 22.8 Å². The first-order valence-electron chi connectivity index (χ1n) is 4.73. The summed E-state index contributed by atoms with van der Waals surface area (Å²) in [5, 5.41) is 8.63. The minimum atomic E-state index is -4.68. The molecule has 0 saturated carbocycles. The van der Waals surface area contributed by atoms with Crippen LogP contribution in [0.4, 0.5) is 13.2 Å². The number of carboxylic acids is 1. The van der Waals surface area contributed by atoms with Crippen LogP contribution in [0.1, 0.15) is 12.6 Å². The highest BCUT2D eigenvalue weighted by Crippen LogP contribution is 2.28. The number of carbonyl (C=O) groups is 1. The molecule has 4 nitrogen and oxygen atoms in total. The second-order valence-corrected chi connectivity index (χ2v) is 3.60. The van der Waals surface area contributed by atoms with Crippen LogP contribution >= 0.6 is 0 Å². The van der Waals surface area contributed by atoms with Crippen LogP contribution in [0.25, 0.3) is 0 Å². The molecule has 0 fully saturated rings. The van der Waals surface area contributed by atoms with E-state index in [1.54, 1.807) is 0 Å². The Morgan fingerprint density at radius 2 is 2.06 bits per heavy atom. The molecule has 1 aromatic rings. The standard InChI is InChI=1S/C10H10F3NO3/c1-6(9(16)17)5-14-7(10(11,12)13)3-2-4-8(14)15/h2-4,6H,5H2,1H3,(H,16,17). The molecule has 94 valence electrons. The van der Waals surface area contributed by atoms with Crippen molar-refractivity contribution >= 4 is 5.97 Å². The lowest BCUT2D eigenvalue weighted by molar-refractivity contribution is -0.147. The Hall–Kier alpha value is -1.79. The quantitative estimate of drug-likeness (QED) is 0.884. The molecule has 1 aromatic heterocycles. The maximum Gasteiger partial charge on any atom is 0.431 e. The number of hydrogen-bond acceptors (Lipinski definition) is 2. The molecule has 1 heterocycles. The van der Waals surface area contributed by atoms with Gasteiger partial charge < -0.3 is 9.67 Å². The van der Waals surface area contributed by atoms with E-state index in [4.69, 9.17) is 5.11 Å². The molecule has 0 bridgehead atoms. The molecule has 1 N–H and O–H groups in total. The number of aliphatic carboxylic acids is 1. The van der Waals surface area contributed by atoms with Crippen molar-refractivity contribution in [3.63, 3.8) is 0 Å². The molecule has 0 saturated heterocycles. The third kappa shape index (κ3) is 3.08. The number of hydrogen-bond donors (Lipinski definition) is 1. The van der Waals surface area contributed by atoms with Gasteiger partial charge in [-0.1, -0.05) is 13.0 Å². The van der Waals surface area contributed by atoms with E-state index in [1.807, 2.05) is 0 Å². The molecule has 0 aliphatic rings. The Labute approximate surface area is 94.3 Å². The predicted octanol–water partition coefficient (Wildman–Crippen LogP) is 1.59. The number of nitrogens with zero attached hydrogens (tertiary/aromatic N) is 1. The topological polar surface area (TPSA) is 59.3 Å². The van der Waals surface area contributed by atoms with Crippen molar-refractivity contribution in [2.24, 2.45) is 5.92 Å². The van der Waals surface area contributed by atoms with E-state index in [1.165, 1.54) is 6.92 Å². The first-order chi connectivity index (χ1) is 7.73. The lowest BCUT2D eigenvalue weighted by Gasteiger charge is -2.16.